The van der Waals surface area contributed by atoms with Crippen molar-refractivity contribution in [2.75, 3.05) is 26.2 Å². The fourth-order valence-corrected chi connectivity index (χ4v) is 4.67. The lowest BCUT2D eigenvalue weighted by molar-refractivity contribution is -0.137. The van der Waals surface area contributed by atoms with Gasteiger partial charge >= 0.3 is 5.97 Å². The molecule has 0 bridgehead atoms. The summed E-state index contributed by atoms with van der Waals surface area (Å²) in [5.74, 6) is -1.70. The topological polar surface area (TPSA) is 95.0 Å². The molecule has 1 fully saturated rings. The summed E-state index contributed by atoms with van der Waals surface area (Å²) in [7, 11) is -3.78. The zero-order valence-corrected chi connectivity index (χ0v) is 15.2. The lowest BCUT2D eigenvalue weighted by atomic mass is 10.2. The lowest BCUT2D eigenvalue weighted by Gasteiger charge is -2.27. The van der Waals surface area contributed by atoms with Crippen LogP contribution in [0.2, 0.25) is 0 Å². The highest BCUT2D eigenvalue weighted by molar-refractivity contribution is 7.89. The van der Waals surface area contributed by atoms with Crippen LogP contribution in [0.15, 0.2) is 29.2 Å². The van der Waals surface area contributed by atoms with Crippen molar-refractivity contribution in [3.8, 4) is 0 Å². The molecule has 0 aromatic heterocycles. The van der Waals surface area contributed by atoms with Crippen molar-refractivity contribution in [1.29, 1.82) is 0 Å². The average molecular weight is 368 g/mol. The Morgan fingerprint density at radius 2 is 1.80 bits per heavy atom. The van der Waals surface area contributed by atoms with Crippen molar-refractivity contribution >= 4 is 21.9 Å². The Labute approximate surface area is 148 Å². The van der Waals surface area contributed by atoms with Crippen LogP contribution in [-0.2, 0) is 14.8 Å². The molecule has 1 N–H and O–H groups in total. The maximum absolute atomic E-state index is 13.0. The number of amides is 1. The van der Waals surface area contributed by atoms with Gasteiger partial charge in [-0.3, -0.25) is 9.59 Å². The van der Waals surface area contributed by atoms with Gasteiger partial charge in [0.1, 0.15) is 6.54 Å². The summed E-state index contributed by atoms with van der Waals surface area (Å²) in [6.45, 7) is 2.52. The van der Waals surface area contributed by atoms with Gasteiger partial charge in [-0.05, 0) is 31.4 Å². The molecule has 138 valence electrons. The molecule has 8 heteroatoms. The standard InChI is InChI=1S/C17H24N2O5S/c1-2-10-18(13-16(20)21)17(22)14-8-4-5-9-15(14)25(23,24)19-11-6-3-7-12-19/h4-5,8-9H,2-3,6-7,10-13H2,1H3,(H,20,21). The number of piperidine rings is 1. The van der Waals surface area contributed by atoms with Crippen LogP contribution in [0.1, 0.15) is 43.0 Å². The number of carboxylic acids is 1. The summed E-state index contributed by atoms with van der Waals surface area (Å²) in [4.78, 5) is 25.0. The van der Waals surface area contributed by atoms with E-state index < -0.39 is 28.4 Å². The van der Waals surface area contributed by atoms with E-state index in [4.69, 9.17) is 5.11 Å². The number of benzene rings is 1. The quantitative estimate of drug-likeness (QED) is 0.792. The number of rotatable bonds is 7. The second kappa shape index (κ2) is 8.44. The summed E-state index contributed by atoms with van der Waals surface area (Å²) in [5.41, 5.74) is 0.0303. The first-order chi connectivity index (χ1) is 11.9. The zero-order chi connectivity index (χ0) is 18.4. The highest BCUT2D eigenvalue weighted by Gasteiger charge is 2.31. The van der Waals surface area contributed by atoms with E-state index in [0.29, 0.717) is 19.5 Å². The smallest absolute Gasteiger partial charge is 0.323 e. The second-order valence-corrected chi connectivity index (χ2v) is 7.99. The molecule has 1 aromatic carbocycles. The highest BCUT2D eigenvalue weighted by Crippen LogP contribution is 2.24. The van der Waals surface area contributed by atoms with Crippen molar-refractivity contribution in [2.45, 2.75) is 37.5 Å². The van der Waals surface area contributed by atoms with Crippen LogP contribution in [0.5, 0.6) is 0 Å². The number of carbonyl (C=O) groups is 2. The van der Waals surface area contributed by atoms with Gasteiger partial charge in [-0.1, -0.05) is 25.5 Å². The van der Waals surface area contributed by atoms with Crippen LogP contribution >= 0.6 is 0 Å². The summed E-state index contributed by atoms with van der Waals surface area (Å²) in [5, 5.41) is 9.02. The van der Waals surface area contributed by atoms with Gasteiger partial charge in [0.25, 0.3) is 5.91 Å². The molecule has 2 rings (SSSR count). The molecule has 0 saturated carbocycles. The molecule has 25 heavy (non-hydrogen) atoms. The Kier molecular flexibility index (Phi) is 6.55. The van der Waals surface area contributed by atoms with Gasteiger partial charge in [0, 0.05) is 19.6 Å². The van der Waals surface area contributed by atoms with Crippen molar-refractivity contribution in [2.24, 2.45) is 0 Å². The molecule has 1 aliphatic heterocycles. The number of hydrogen-bond donors (Lipinski definition) is 1. The van der Waals surface area contributed by atoms with Crippen molar-refractivity contribution in [3.05, 3.63) is 29.8 Å². The molecule has 1 aromatic rings. The molecule has 0 spiro atoms. The first-order valence-electron chi connectivity index (χ1n) is 8.48. The number of carboxylic acid groups (broad SMARTS) is 1. The summed E-state index contributed by atoms with van der Waals surface area (Å²) < 4.78 is 27.3. The van der Waals surface area contributed by atoms with E-state index in [9.17, 15) is 18.0 Å². The Morgan fingerprint density at radius 1 is 1.16 bits per heavy atom. The molecule has 1 heterocycles. The van der Waals surface area contributed by atoms with Crippen LogP contribution in [0, 0.1) is 0 Å². The number of aliphatic carboxylic acids is 1. The molecular formula is C17H24N2O5S. The average Bonchev–Trinajstić information content (AvgIpc) is 2.61. The minimum Gasteiger partial charge on any atom is -0.480 e. The van der Waals surface area contributed by atoms with Crippen LogP contribution in [0.25, 0.3) is 0 Å². The van der Waals surface area contributed by atoms with Crippen molar-refractivity contribution in [1.82, 2.24) is 9.21 Å². The fourth-order valence-electron chi connectivity index (χ4n) is 2.97. The Hall–Kier alpha value is -1.93. The number of carbonyl (C=O) groups excluding carboxylic acids is 1. The van der Waals surface area contributed by atoms with Crippen molar-refractivity contribution in [3.63, 3.8) is 0 Å². The first kappa shape index (κ1) is 19.4. The molecule has 0 atom stereocenters. The van der Waals surface area contributed by atoms with Gasteiger partial charge < -0.3 is 10.0 Å². The molecule has 1 saturated heterocycles. The Morgan fingerprint density at radius 3 is 2.40 bits per heavy atom. The molecule has 1 amide bonds. The minimum absolute atomic E-state index is 0.0303. The SMILES string of the molecule is CCCN(CC(=O)O)C(=O)c1ccccc1S(=O)(=O)N1CCCCC1. The van der Waals surface area contributed by atoms with Gasteiger partial charge in [-0.25, -0.2) is 8.42 Å². The largest absolute Gasteiger partial charge is 0.480 e. The molecule has 0 unspecified atom stereocenters. The lowest BCUT2D eigenvalue weighted by Crippen LogP contribution is -2.39. The number of hydrogen-bond acceptors (Lipinski definition) is 4. The van der Waals surface area contributed by atoms with Gasteiger partial charge in [0.05, 0.1) is 10.5 Å². The second-order valence-electron chi connectivity index (χ2n) is 6.08. The number of sulfonamides is 1. The molecule has 1 aliphatic rings. The van der Waals surface area contributed by atoms with Crippen molar-refractivity contribution < 1.29 is 23.1 Å². The number of nitrogens with zero attached hydrogens (tertiary/aromatic N) is 2. The summed E-state index contributed by atoms with van der Waals surface area (Å²) in [6.07, 6.45) is 3.18. The third-order valence-corrected chi connectivity index (χ3v) is 6.11. The van der Waals surface area contributed by atoms with E-state index >= 15 is 0 Å². The maximum atomic E-state index is 13.0. The molecule has 7 nitrogen and oxygen atoms in total. The van der Waals surface area contributed by atoms with Crippen LogP contribution < -0.4 is 0 Å². The third-order valence-electron chi connectivity index (χ3n) is 4.16. The van der Waals surface area contributed by atoms with Gasteiger partial charge in [-0.2, -0.15) is 4.31 Å². The Balaban J connectivity index is 2.39. The van der Waals surface area contributed by atoms with E-state index in [1.54, 1.807) is 12.1 Å². The van der Waals surface area contributed by atoms with E-state index in [-0.39, 0.29) is 17.0 Å². The van der Waals surface area contributed by atoms with E-state index in [2.05, 4.69) is 0 Å². The van der Waals surface area contributed by atoms with Crippen LogP contribution in [-0.4, -0.2) is 60.8 Å². The predicted molar refractivity (Wildman–Crippen MR) is 92.9 cm³/mol. The maximum Gasteiger partial charge on any atom is 0.323 e. The van der Waals surface area contributed by atoms with Gasteiger partial charge in [0.2, 0.25) is 10.0 Å². The molecule has 0 aliphatic carbocycles. The summed E-state index contributed by atoms with van der Waals surface area (Å²) >= 11 is 0. The fraction of sp³-hybridized carbons (Fsp3) is 0.529. The Bertz CT molecular complexity index is 726. The monoisotopic (exact) mass is 368 g/mol. The highest BCUT2D eigenvalue weighted by atomic mass is 32.2. The zero-order valence-electron chi connectivity index (χ0n) is 14.3. The van der Waals surface area contributed by atoms with Gasteiger partial charge in [0.15, 0.2) is 0 Å². The predicted octanol–water partition coefficient (Wildman–Crippen LogP) is 1.80. The van der Waals surface area contributed by atoms with E-state index in [1.165, 1.54) is 21.3 Å². The summed E-state index contributed by atoms with van der Waals surface area (Å²) in [6, 6.07) is 6.04. The van der Waals surface area contributed by atoms with Gasteiger partial charge in [-0.15, -0.1) is 0 Å². The van der Waals surface area contributed by atoms with E-state index in [1.807, 2.05) is 6.92 Å². The van der Waals surface area contributed by atoms with Crippen LogP contribution in [0.4, 0.5) is 0 Å². The first-order valence-corrected chi connectivity index (χ1v) is 9.92. The minimum atomic E-state index is -3.78. The normalized spacial score (nSPS) is 15.7. The van der Waals surface area contributed by atoms with E-state index in [0.717, 1.165) is 19.3 Å². The third kappa shape index (κ3) is 4.58. The molecule has 0 radical (unpaired) electrons. The van der Waals surface area contributed by atoms with Crippen LogP contribution in [0.3, 0.4) is 0 Å². The molecular weight excluding hydrogens is 344 g/mol.